The van der Waals surface area contributed by atoms with E-state index >= 15 is 0 Å². The van der Waals surface area contributed by atoms with Crippen LogP contribution in [0.15, 0.2) is 83.7 Å². The van der Waals surface area contributed by atoms with Gasteiger partial charge in [0.15, 0.2) is 12.3 Å². The van der Waals surface area contributed by atoms with E-state index in [4.69, 9.17) is 4.74 Å². The van der Waals surface area contributed by atoms with Crippen LogP contribution in [-0.2, 0) is 16.0 Å². The number of para-hydroxylation sites is 1. The number of hydrogen-bond acceptors (Lipinski definition) is 5. The van der Waals surface area contributed by atoms with Crippen molar-refractivity contribution in [1.82, 2.24) is 15.1 Å². The van der Waals surface area contributed by atoms with E-state index in [9.17, 15) is 14.4 Å². The highest BCUT2D eigenvalue weighted by molar-refractivity contribution is 6.02. The van der Waals surface area contributed by atoms with E-state index in [1.165, 1.54) is 10.2 Å². The molecule has 1 aliphatic rings. The molecule has 0 saturated heterocycles. The van der Waals surface area contributed by atoms with Crippen molar-refractivity contribution in [2.24, 2.45) is 0 Å². The van der Waals surface area contributed by atoms with Crippen LogP contribution in [0.3, 0.4) is 0 Å². The molecule has 170 valence electrons. The van der Waals surface area contributed by atoms with E-state index in [0.29, 0.717) is 16.5 Å². The Morgan fingerprint density at radius 1 is 0.941 bits per heavy atom. The van der Waals surface area contributed by atoms with Crippen LogP contribution < -0.4 is 10.9 Å². The normalized spacial score (nSPS) is 14.9. The highest BCUT2D eigenvalue weighted by Crippen LogP contribution is 2.29. The second-order valence-corrected chi connectivity index (χ2v) is 8.23. The Morgan fingerprint density at radius 2 is 1.65 bits per heavy atom. The molecule has 1 atom stereocenters. The molecular weight excluding hydrogens is 430 g/mol. The van der Waals surface area contributed by atoms with Crippen molar-refractivity contribution in [3.8, 4) is 5.69 Å². The minimum atomic E-state index is -0.764. The number of nitrogens with zero attached hydrogens (tertiary/aromatic N) is 2. The first-order valence-corrected chi connectivity index (χ1v) is 11.2. The molecule has 1 amide bonds. The van der Waals surface area contributed by atoms with Gasteiger partial charge in [0, 0.05) is 5.39 Å². The average molecular weight is 453 g/mol. The molecule has 1 aliphatic carbocycles. The summed E-state index contributed by atoms with van der Waals surface area (Å²) in [5.74, 6) is -1.14. The molecule has 0 aliphatic heterocycles. The Morgan fingerprint density at radius 3 is 2.47 bits per heavy atom. The number of ether oxygens (including phenoxy) is 1. The van der Waals surface area contributed by atoms with Gasteiger partial charge in [0.05, 0.1) is 17.1 Å². The zero-order valence-corrected chi connectivity index (χ0v) is 18.4. The van der Waals surface area contributed by atoms with Crippen molar-refractivity contribution >= 4 is 22.6 Å². The summed E-state index contributed by atoms with van der Waals surface area (Å²) >= 11 is 0. The molecule has 7 nitrogen and oxygen atoms in total. The van der Waals surface area contributed by atoms with Crippen molar-refractivity contribution in [2.75, 3.05) is 6.61 Å². The summed E-state index contributed by atoms with van der Waals surface area (Å²) in [6, 6.07) is 23.5. The zero-order chi connectivity index (χ0) is 23.5. The van der Waals surface area contributed by atoms with Gasteiger partial charge in [0.25, 0.3) is 11.5 Å². The number of carbonyl (C=O) groups excluding carboxylic acids is 2. The minimum absolute atomic E-state index is 0.0186. The van der Waals surface area contributed by atoms with E-state index in [-0.39, 0.29) is 23.2 Å². The first kappa shape index (κ1) is 21.6. The van der Waals surface area contributed by atoms with Gasteiger partial charge in [-0.1, -0.05) is 60.7 Å². The van der Waals surface area contributed by atoms with Crippen LogP contribution in [-0.4, -0.2) is 28.3 Å². The van der Waals surface area contributed by atoms with Crippen LogP contribution in [0, 0.1) is 0 Å². The van der Waals surface area contributed by atoms with Gasteiger partial charge in [0.2, 0.25) is 0 Å². The number of hydrogen-bond donors (Lipinski definition) is 1. The standard InChI is InChI=1S/C27H23N3O4/c31-24(28-23-16-8-10-18-9-4-5-13-20(18)23)17-34-27(33)25-21-14-6-7-15-22(21)26(32)30(29-25)19-11-2-1-3-12-19/h1-7,9,11-15,23H,8,10,16-17H2,(H,28,31)/t23-/m0/s1. The lowest BCUT2D eigenvalue weighted by atomic mass is 9.88. The van der Waals surface area contributed by atoms with Crippen molar-refractivity contribution < 1.29 is 14.3 Å². The largest absolute Gasteiger partial charge is 0.451 e. The third-order valence-corrected chi connectivity index (χ3v) is 6.04. The van der Waals surface area contributed by atoms with Gasteiger partial charge in [-0.05, 0) is 48.6 Å². The maximum Gasteiger partial charge on any atom is 0.359 e. The van der Waals surface area contributed by atoms with E-state index in [0.717, 1.165) is 24.8 Å². The second-order valence-electron chi connectivity index (χ2n) is 8.23. The summed E-state index contributed by atoms with van der Waals surface area (Å²) in [6.45, 7) is -0.433. The van der Waals surface area contributed by atoms with Crippen LogP contribution in [0.2, 0.25) is 0 Å². The van der Waals surface area contributed by atoms with Crippen LogP contribution in [0.4, 0.5) is 0 Å². The van der Waals surface area contributed by atoms with Gasteiger partial charge in [-0.25, -0.2) is 4.79 Å². The molecule has 34 heavy (non-hydrogen) atoms. The fraction of sp³-hybridized carbons (Fsp3) is 0.185. The van der Waals surface area contributed by atoms with E-state index < -0.39 is 12.6 Å². The third-order valence-electron chi connectivity index (χ3n) is 6.04. The Hall–Kier alpha value is -4.26. The molecule has 1 aromatic heterocycles. The summed E-state index contributed by atoms with van der Waals surface area (Å²) in [4.78, 5) is 38.5. The number of rotatable bonds is 5. The maximum atomic E-state index is 13.0. The average Bonchev–Trinajstić information content (AvgIpc) is 2.88. The Balaban J connectivity index is 1.37. The van der Waals surface area contributed by atoms with Crippen LogP contribution in [0.5, 0.6) is 0 Å². The number of carbonyl (C=O) groups is 2. The highest BCUT2D eigenvalue weighted by Gasteiger charge is 2.23. The predicted molar refractivity (Wildman–Crippen MR) is 128 cm³/mol. The van der Waals surface area contributed by atoms with Crippen LogP contribution in [0.25, 0.3) is 16.5 Å². The zero-order valence-electron chi connectivity index (χ0n) is 18.4. The molecule has 0 fully saturated rings. The first-order valence-electron chi connectivity index (χ1n) is 11.2. The lowest BCUT2D eigenvalue weighted by Gasteiger charge is -2.26. The number of aromatic nitrogens is 2. The van der Waals surface area contributed by atoms with Gasteiger partial charge in [0.1, 0.15) is 0 Å². The van der Waals surface area contributed by atoms with Crippen LogP contribution in [0.1, 0.15) is 40.5 Å². The molecule has 4 aromatic rings. The molecule has 3 aromatic carbocycles. The molecule has 1 N–H and O–H groups in total. The van der Waals surface area contributed by atoms with E-state index in [1.807, 2.05) is 24.3 Å². The number of nitrogens with one attached hydrogen (secondary N) is 1. The smallest absolute Gasteiger partial charge is 0.359 e. The van der Waals surface area contributed by atoms with Crippen molar-refractivity contribution in [2.45, 2.75) is 25.3 Å². The van der Waals surface area contributed by atoms with Crippen molar-refractivity contribution in [3.63, 3.8) is 0 Å². The van der Waals surface area contributed by atoms with E-state index in [2.05, 4.69) is 16.5 Å². The number of esters is 1. The lowest BCUT2D eigenvalue weighted by Crippen LogP contribution is -2.34. The predicted octanol–water partition coefficient (Wildman–Crippen LogP) is 3.74. The van der Waals surface area contributed by atoms with Gasteiger partial charge >= 0.3 is 5.97 Å². The fourth-order valence-electron chi connectivity index (χ4n) is 4.42. The number of amides is 1. The number of benzene rings is 3. The van der Waals surface area contributed by atoms with E-state index in [1.54, 1.807) is 48.5 Å². The van der Waals surface area contributed by atoms with Gasteiger partial charge in [-0.2, -0.15) is 9.78 Å². The molecule has 0 unspecified atom stereocenters. The Bertz CT molecular complexity index is 1430. The van der Waals surface area contributed by atoms with Gasteiger partial charge in [-0.15, -0.1) is 0 Å². The summed E-state index contributed by atoms with van der Waals surface area (Å²) in [6.07, 6.45) is 2.82. The molecular formula is C27H23N3O4. The Kier molecular flexibility index (Phi) is 5.91. The molecule has 0 bridgehead atoms. The lowest BCUT2D eigenvalue weighted by molar-refractivity contribution is -0.125. The summed E-state index contributed by atoms with van der Waals surface area (Å²) in [5.41, 5.74) is 2.51. The summed E-state index contributed by atoms with van der Waals surface area (Å²) in [5, 5.41) is 7.99. The number of aryl methyl sites for hydroxylation is 1. The molecule has 5 rings (SSSR count). The molecule has 1 heterocycles. The quantitative estimate of drug-likeness (QED) is 0.465. The number of fused-ring (bicyclic) bond motifs is 2. The SMILES string of the molecule is O=C(COC(=O)c1nn(-c2ccccc2)c(=O)c2ccccc12)N[C@H]1CCCc2ccccc21. The molecule has 0 radical (unpaired) electrons. The maximum absolute atomic E-state index is 13.0. The molecule has 0 saturated carbocycles. The van der Waals surface area contributed by atoms with Gasteiger partial charge < -0.3 is 10.1 Å². The summed E-state index contributed by atoms with van der Waals surface area (Å²) < 4.78 is 6.51. The first-order chi connectivity index (χ1) is 16.6. The van der Waals surface area contributed by atoms with Gasteiger partial charge in [-0.3, -0.25) is 9.59 Å². The van der Waals surface area contributed by atoms with Crippen LogP contribution >= 0.6 is 0 Å². The third kappa shape index (κ3) is 4.20. The molecule has 7 heteroatoms. The van der Waals surface area contributed by atoms with Crippen molar-refractivity contribution in [3.05, 3.63) is 106 Å². The molecule has 0 spiro atoms. The highest BCUT2D eigenvalue weighted by atomic mass is 16.5. The monoisotopic (exact) mass is 453 g/mol. The van der Waals surface area contributed by atoms with Crippen molar-refractivity contribution in [1.29, 1.82) is 0 Å². The minimum Gasteiger partial charge on any atom is -0.451 e. The summed E-state index contributed by atoms with van der Waals surface area (Å²) in [7, 11) is 0. The fourth-order valence-corrected chi connectivity index (χ4v) is 4.42. The topological polar surface area (TPSA) is 90.3 Å². The second kappa shape index (κ2) is 9.31. The Labute approximate surface area is 196 Å².